The summed E-state index contributed by atoms with van der Waals surface area (Å²) in [5.74, 6) is -2.85. The van der Waals surface area contributed by atoms with Gasteiger partial charge in [-0.25, -0.2) is 4.79 Å². The van der Waals surface area contributed by atoms with Gasteiger partial charge in [0.1, 0.15) is 0 Å². The normalized spacial score (nSPS) is 28.0. The van der Waals surface area contributed by atoms with E-state index in [1.807, 2.05) is 0 Å². The van der Waals surface area contributed by atoms with Gasteiger partial charge in [-0.05, 0) is 24.0 Å². The molecule has 2 heterocycles. The number of aliphatic hydroxyl groups excluding tert-OH is 1. The van der Waals surface area contributed by atoms with Gasteiger partial charge in [-0.3, -0.25) is 9.69 Å². The number of piperazine rings is 1. The van der Waals surface area contributed by atoms with Crippen LogP contribution in [0, 0.1) is 0 Å². The van der Waals surface area contributed by atoms with E-state index in [1.165, 1.54) is 32.2 Å². The van der Waals surface area contributed by atoms with E-state index < -0.39 is 24.5 Å². The van der Waals surface area contributed by atoms with E-state index >= 15 is 0 Å². The van der Waals surface area contributed by atoms with E-state index in [4.69, 9.17) is 15.3 Å². The molecule has 142 valence electrons. The molecule has 4 unspecified atom stereocenters. The first-order chi connectivity index (χ1) is 12.5. The Labute approximate surface area is 152 Å². The maximum Gasteiger partial charge on any atom is 0.333 e. The van der Waals surface area contributed by atoms with Crippen molar-refractivity contribution in [3.63, 3.8) is 0 Å². The van der Waals surface area contributed by atoms with Crippen molar-refractivity contribution in [2.24, 2.45) is 0 Å². The summed E-state index contributed by atoms with van der Waals surface area (Å²) in [6.07, 6.45) is 3.06. The number of nitrogens with zero attached hydrogens (tertiary/aromatic N) is 1. The summed E-state index contributed by atoms with van der Waals surface area (Å²) in [4.78, 5) is 22.2. The molecular weight excluding hydrogens is 336 g/mol. The molecule has 0 bridgehead atoms. The number of carboxylic acid groups (broad SMARTS) is 2. The molecular formula is C19H26N2O5. The van der Waals surface area contributed by atoms with Crippen LogP contribution in [0.15, 0.2) is 24.3 Å². The molecule has 1 aliphatic carbocycles. The van der Waals surface area contributed by atoms with Gasteiger partial charge in [0.05, 0.1) is 6.42 Å². The van der Waals surface area contributed by atoms with Gasteiger partial charge < -0.3 is 20.6 Å². The van der Waals surface area contributed by atoms with Crippen LogP contribution in [0.2, 0.25) is 0 Å². The minimum Gasteiger partial charge on any atom is -0.481 e. The highest BCUT2D eigenvalue weighted by atomic mass is 16.4. The van der Waals surface area contributed by atoms with Gasteiger partial charge in [-0.1, -0.05) is 37.1 Å². The Bertz CT molecular complexity index is 665. The van der Waals surface area contributed by atoms with Crippen LogP contribution in [-0.2, 0) is 16.1 Å². The predicted octanol–water partition coefficient (Wildman–Crippen LogP) is 1.36. The van der Waals surface area contributed by atoms with Gasteiger partial charge >= 0.3 is 11.9 Å². The van der Waals surface area contributed by atoms with Crippen LogP contribution in [-0.4, -0.2) is 56.9 Å². The molecule has 4 rings (SSSR count). The van der Waals surface area contributed by atoms with Crippen LogP contribution in [0.1, 0.15) is 49.3 Å². The molecule has 1 saturated carbocycles. The average Bonchev–Trinajstić information content (AvgIpc) is 3.01. The highest BCUT2D eigenvalue weighted by molar-refractivity contribution is 5.79. The SMILES string of the molecule is O=C(O)CC(O)C(=O)O.c1ccc2c(c1)CN1C2CNC2CCCCC21. The van der Waals surface area contributed by atoms with Gasteiger partial charge in [0, 0.05) is 31.2 Å². The summed E-state index contributed by atoms with van der Waals surface area (Å²) < 4.78 is 0. The molecule has 0 amide bonds. The quantitative estimate of drug-likeness (QED) is 0.643. The third-order valence-corrected chi connectivity index (χ3v) is 5.55. The first-order valence-electron chi connectivity index (χ1n) is 9.17. The maximum atomic E-state index is 9.72. The van der Waals surface area contributed by atoms with Gasteiger partial charge in [0.15, 0.2) is 6.10 Å². The number of aliphatic hydroxyl groups is 1. The van der Waals surface area contributed by atoms with Crippen molar-refractivity contribution < 1.29 is 24.9 Å². The molecule has 2 aliphatic heterocycles. The molecule has 4 atom stereocenters. The molecule has 7 heteroatoms. The predicted molar refractivity (Wildman–Crippen MR) is 94.7 cm³/mol. The Balaban J connectivity index is 0.000000188. The zero-order chi connectivity index (χ0) is 18.7. The van der Waals surface area contributed by atoms with Gasteiger partial charge in [-0.15, -0.1) is 0 Å². The van der Waals surface area contributed by atoms with Crippen molar-refractivity contribution in [3.8, 4) is 0 Å². The zero-order valence-electron chi connectivity index (χ0n) is 14.7. The lowest BCUT2D eigenvalue weighted by Crippen LogP contribution is -2.58. The second kappa shape index (κ2) is 8.16. The number of fused-ring (bicyclic) bond motifs is 5. The van der Waals surface area contributed by atoms with Crippen LogP contribution in [0.3, 0.4) is 0 Å². The first kappa shape index (κ1) is 18.8. The Morgan fingerprint density at radius 1 is 1.19 bits per heavy atom. The van der Waals surface area contributed by atoms with Crippen molar-refractivity contribution in [2.75, 3.05) is 6.54 Å². The van der Waals surface area contributed by atoms with E-state index in [9.17, 15) is 9.59 Å². The first-order valence-corrected chi connectivity index (χ1v) is 9.17. The number of aliphatic carboxylic acids is 2. The number of carboxylic acids is 2. The van der Waals surface area contributed by atoms with Crippen LogP contribution < -0.4 is 5.32 Å². The molecule has 7 nitrogen and oxygen atoms in total. The Morgan fingerprint density at radius 3 is 2.62 bits per heavy atom. The van der Waals surface area contributed by atoms with E-state index in [-0.39, 0.29) is 0 Å². The number of carbonyl (C=O) groups is 2. The number of hydrogen-bond acceptors (Lipinski definition) is 5. The van der Waals surface area contributed by atoms with E-state index in [1.54, 1.807) is 11.1 Å². The summed E-state index contributed by atoms with van der Waals surface area (Å²) in [7, 11) is 0. The molecule has 3 aliphatic rings. The molecule has 2 fully saturated rings. The monoisotopic (exact) mass is 362 g/mol. The molecule has 4 N–H and O–H groups in total. The van der Waals surface area contributed by atoms with Crippen molar-refractivity contribution in [1.82, 2.24) is 10.2 Å². The topological polar surface area (TPSA) is 110 Å². The molecule has 0 aromatic heterocycles. The zero-order valence-corrected chi connectivity index (χ0v) is 14.7. The lowest BCUT2D eigenvalue weighted by atomic mass is 9.86. The second-order valence-corrected chi connectivity index (χ2v) is 7.21. The number of nitrogens with one attached hydrogen (secondary N) is 1. The van der Waals surface area contributed by atoms with Crippen LogP contribution in [0.5, 0.6) is 0 Å². The summed E-state index contributed by atoms with van der Waals surface area (Å²) >= 11 is 0. The lowest BCUT2D eigenvalue weighted by Gasteiger charge is -2.46. The highest BCUT2D eigenvalue weighted by Gasteiger charge is 2.42. The Morgan fingerprint density at radius 2 is 1.92 bits per heavy atom. The molecule has 1 saturated heterocycles. The average molecular weight is 362 g/mol. The van der Waals surface area contributed by atoms with Crippen molar-refractivity contribution in [1.29, 1.82) is 0 Å². The summed E-state index contributed by atoms with van der Waals surface area (Å²) in [5, 5.41) is 27.9. The maximum absolute atomic E-state index is 9.72. The Kier molecular flexibility index (Phi) is 5.90. The van der Waals surface area contributed by atoms with E-state index in [0.717, 1.165) is 18.6 Å². The standard InChI is InChI=1S/C15H20N2.C4H6O5/c1-2-6-12-11(5-1)10-17-14-8-4-3-7-13(14)16-9-15(12)17;5-2(4(8)9)1-3(6)7/h1-2,5-6,13-16H,3-4,7-10H2;2,5H,1H2,(H,6,7)(H,8,9). The van der Waals surface area contributed by atoms with Crippen molar-refractivity contribution in [3.05, 3.63) is 35.4 Å². The molecule has 0 radical (unpaired) electrons. The number of benzene rings is 1. The molecule has 0 spiro atoms. The molecule has 26 heavy (non-hydrogen) atoms. The van der Waals surface area contributed by atoms with Crippen molar-refractivity contribution in [2.45, 2.75) is 62.9 Å². The fraction of sp³-hybridized carbons (Fsp3) is 0.579. The summed E-state index contributed by atoms with van der Waals surface area (Å²) in [6, 6.07) is 11.2. The van der Waals surface area contributed by atoms with Crippen LogP contribution in [0.4, 0.5) is 0 Å². The van der Waals surface area contributed by atoms with E-state index in [0.29, 0.717) is 6.04 Å². The fourth-order valence-electron chi connectivity index (χ4n) is 4.33. The Hall–Kier alpha value is -1.96. The molecule has 1 aromatic carbocycles. The van der Waals surface area contributed by atoms with Crippen LogP contribution in [0.25, 0.3) is 0 Å². The van der Waals surface area contributed by atoms with Gasteiger partial charge in [0.25, 0.3) is 0 Å². The highest BCUT2D eigenvalue weighted by Crippen LogP contribution is 2.40. The van der Waals surface area contributed by atoms with Gasteiger partial charge in [-0.2, -0.15) is 0 Å². The minimum atomic E-state index is -1.79. The number of rotatable bonds is 3. The smallest absolute Gasteiger partial charge is 0.333 e. The van der Waals surface area contributed by atoms with Crippen LogP contribution >= 0.6 is 0 Å². The third kappa shape index (κ3) is 4.06. The fourth-order valence-corrected chi connectivity index (χ4v) is 4.33. The summed E-state index contributed by atoms with van der Waals surface area (Å²) in [6.45, 7) is 2.34. The largest absolute Gasteiger partial charge is 0.481 e. The van der Waals surface area contributed by atoms with E-state index in [2.05, 4.69) is 34.5 Å². The summed E-state index contributed by atoms with van der Waals surface area (Å²) in [5.41, 5.74) is 3.13. The van der Waals surface area contributed by atoms with Crippen molar-refractivity contribution >= 4 is 11.9 Å². The second-order valence-electron chi connectivity index (χ2n) is 7.21. The number of hydrogen-bond donors (Lipinski definition) is 4. The molecule has 1 aromatic rings. The third-order valence-electron chi connectivity index (χ3n) is 5.55. The lowest BCUT2D eigenvalue weighted by molar-refractivity contribution is -0.152. The van der Waals surface area contributed by atoms with Gasteiger partial charge in [0.2, 0.25) is 0 Å². The minimum absolute atomic E-state index is 0.644.